The molecule has 5 nitrogen and oxygen atoms in total. The van der Waals surface area contributed by atoms with E-state index in [0.717, 1.165) is 5.56 Å². The number of fused-ring (bicyclic) bond motifs is 1. The van der Waals surface area contributed by atoms with Gasteiger partial charge in [-0.1, -0.05) is 42.5 Å². The Morgan fingerprint density at radius 1 is 1.00 bits per heavy atom. The monoisotopic (exact) mass is 348 g/mol. The topological polar surface area (TPSA) is 59.0 Å². The molecule has 0 fully saturated rings. The van der Waals surface area contributed by atoms with E-state index in [1.165, 1.54) is 4.90 Å². The minimum absolute atomic E-state index is 0.289. The number of aliphatic imine (C=N–C) groups is 1. The number of benzene rings is 2. The first-order chi connectivity index (χ1) is 12.5. The van der Waals surface area contributed by atoms with E-state index in [1.807, 2.05) is 44.2 Å². The van der Waals surface area contributed by atoms with Gasteiger partial charge >= 0.3 is 0 Å². The minimum atomic E-state index is -0.549. The smallest absolute Gasteiger partial charge is 0.262 e. The Morgan fingerprint density at radius 3 is 2.12 bits per heavy atom. The summed E-state index contributed by atoms with van der Waals surface area (Å²) in [5.41, 5.74) is 1.54. The summed E-state index contributed by atoms with van der Waals surface area (Å²) >= 11 is 0. The van der Waals surface area contributed by atoms with Crippen LogP contribution >= 0.6 is 0 Å². The van der Waals surface area contributed by atoms with Gasteiger partial charge in [0, 0.05) is 6.42 Å². The maximum Gasteiger partial charge on any atom is 0.262 e. The fourth-order valence-corrected chi connectivity index (χ4v) is 3.40. The highest BCUT2D eigenvalue weighted by molar-refractivity contribution is 6.22. The van der Waals surface area contributed by atoms with Gasteiger partial charge in [-0.05, 0) is 31.5 Å². The summed E-state index contributed by atoms with van der Waals surface area (Å²) in [7, 11) is 0. The fraction of sp³-hybridized carbons (Fsp3) is 0.286. The molecule has 0 bridgehead atoms. The minimum Gasteiger partial charge on any atom is -0.477 e. The Hall–Kier alpha value is -2.95. The molecule has 0 radical (unpaired) electrons. The van der Waals surface area contributed by atoms with E-state index in [-0.39, 0.29) is 17.4 Å². The van der Waals surface area contributed by atoms with Crippen LogP contribution < -0.4 is 0 Å². The second-order valence-corrected chi connectivity index (χ2v) is 7.28. The van der Waals surface area contributed by atoms with Crippen molar-refractivity contribution in [2.45, 2.75) is 31.8 Å². The van der Waals surface area contributed by atoms with Crippen molar-refractivity contribution in [3.63, 3.8) is 0 Å². The maximum absolute atomic E-state index is 13.0. The number of ether oxygens (including phenoxy) is 1. The Labute approximate surface area is 152 Å². The lowest BCUT2D eigenvalue weighted by atomic mass is 10.0. The van der Waals surface area contributed by atoms with Crippen LogP contribution in [0.4, 0.5) is 0 Å². The van der Waals surface area contributed by atoms with E-state index in [4.69, 9.17) is 4.74 Å². The molecule has 2 aromatic rings. The summed E-state index contributed by atoms with van der Waals surface area (Å²) in [6.45, 7) is 4.39. The van der Waals surface area contributed by atoms with Gasteiger partial charge in [-0.15, -0.1) is 0 Å². The van der Waals surface area contributed by atoms with Crippen molar-refractivity contribution in [2.75, 3.05) is 6.61 Å². The van der Waals surface area contributed by atoms with E-state index in [0.29, 0.717) is 30.1 Å². The summed E-state index contributed by atoms with van der Waals surface area (Å²) in [5, 5.41) is 0. The predicted molar refractivity (Wildman–Crippen MR) is 98.3 cm³/mol. The maximum atomic E-state index is 13.0. The first kappa shape index (κ1) is 16.5. The number of rotatable bonds is 4. The average molecular weight is 348 g/mol. The Morgan fingerprint density at radius 2 is 1.58 bits per heavy atom. The summed E-state index contributed by atoms with van der Waals surface area (Å²) in [4.78, 5) is 31.8. The summed E-state index contributed by atoms with van der Waals surface area (Å²) in [5.74, 6) is -0.126. The van der Waals surface area contributed by atoms with E-state index >= 15 is 0 Å². The molecule has 0 saturated heterocycles. The van der Waals surface area contributed by atoms with Crippen molar-refractivity contribution >= 4 is 17.7 Å². The van der Waals surface area contributed by atoms with Crippen molar-refractivity contribution in [1.82, 2.24) is 4.90 Å². The van der Waals surface area contributed by atoms with Gasteiger partial charge in [-0.2, -0.15) is 0 Å². The molecule has 5 heteroatoms. The molecule has 132 valence electrons. The molecule has 2 amide bonds. The van der Waals surface area contributed by atoms with Gasteiger partial charge in [-0.25, -0.2) is 4.99 Å². The van der Waals surface area contributed by atoms with E-state index < -0.39 is 6.04 Å². The molecule has 4 rings (SSSR count). The third-order valence-electron chi connectivity index (χ3n) is 4.68. The van der Waals surface area contributed by atoms with Crippen LogP contribution in [0.3, 0.4) is 0 Å². The van der Waals surface area contributed by atoms with Gasteiger partial charge in [0.2, 0.25) is 5.90 Å². The Bertz CT molecular complexity index is 867. The van der Waals surface area contributed by atoms with Crippen LogP contribution in [-0.2, 0) is 11.2 Å². The largest absolute Gasteiger partial charge is 0.477 e. The van der Waals surface area contributed by atoms with Crippen LogP contribution in [0.2, 0.25) is 0 Å². The second kappa shape index (κ2) is 6.09. The first-order valence-corrected chi connectivity index (χ1v) is 8.70. The molecular formula is C21H20N2O3. The fourth-order valence-electron chi connectivity index (χ4n) is 3.40. The Balaban J connectivity index is 1.74. The predicted octanol–water partition coefficient (Wildman–Crippen LogP) is 3.10. The molecule has 0 saturated carbocycles. The number of hydrogen-bond acceptors (Lipinski definition) is 4. The number of hydrogen-bond donors (Lipinski definition) is 0. The number of imide groups is 1. The summed E-state index contributed by atoms with van der Waals surface area (Å²) in [6, 6.07) is 16.1. The summed E-state index contributed by atoms with van der Waals surface area (Å²) in [6.07, 6.45) is 0.473. The van der Waals surface area contributed by atoms with Gasteiger partial charge in [0.1, 0.15) is 12.6 Å². The third-order valence-corrected chi connectivity index (χ3v) is 4.68. The lowest BCUT2D eigenvalue weighted by Crippen LogP contribution is -2.46. The van der Waals surface area contributed by atoms with E-state index in [9.17, 15) is 9.59 Å². The third kappa shape index (κ3) is 2.79. The van der Waals surface area contributed by atoms with Gasteiger partial charge < -0.3 is 4.74 Å². The Kier molecular flexibility index (Phi) is 3.87. The molecule has 0 unspecified atom stereocenters. The molecule has 2 aliphatic heterocycles. The van der Waals surface area contributed by atoms with Crippen molar-refractivity contribution in [2.24, 2.45) is 4.99 Å². The van der Waals surface area contributed by atoms with Crippen LogP contribution in [0, 0.1) is 0 Å². The molecule has 2 aromatic carbocycles. The van der Waals surface area contributed by atoms with Crippen molar-refractivity contribution in [3.05, 3.63) is 71.3 Å². The molecule has 0 aliphatic carbocycles. The number of amides is 2. The lowest BCUT2D eigenvalue weighted by molar-refractivity contribution is 0.0611. The lowest BCUT2D eigenvalue weighted by Gasteiger charge is -2.25. The van der Waals surface area contributed by atoms with Gasteiger partial charge in [-0.3, -0.25) is 14.5 Å². The molecule has 26 heavy (non-hydrogen) atoms. The number of carbonyl (C=O) groups is 2. The highest BCUT2D eigenvalue weighted by Gasteiger charge is 2.44. The second-order valence-electron chi connectivity index (χ2n) is 7.28. The quantitative estimate of drug-likeness (QED) is 0.798. The zero-order valence-electron chi connectivity index (χ0n) is 14.8. The highest BCUT2D eigenvalue weighted by atomic mass is 16.5. The SMILES string of the molecule is CC1(C)COC([C@@H](Cc2ccccc2)N2C(=O)c3ccccc3C2=O)=N1. The molecule has 0 aromatic heterocycles. The summed E-state index contributed by atoms with van der Waals surface area (Å²) < 4.78 is 5.81. The van der Waals surface area contributed by atoms with Crippen molar-refractivity contribution in [1.29, 1.82) is 0 Å². The number of carbonyl (C=O) groups excluding carboxylic acids is 2. The standard InChI is InChI=1S/C21H20N2O3/c1-21(2)13-26-18(22-21)17(12-14-8-4-3-5-9-14)23-19(24)15-10-6-7-11-16(15)20(23)25/h3-11,17H,12-13H2,1-2H3/t17-/m1/s1. The molecule has 1 atom stereocenters. The average Bonchev–Trinajstić information content (AvgIpc) is 3.12. The zero-order chi connectivity index (χ0) is 18.3. The van der Waals surface area contributed by atoms with E-state index in [2.05, 4.69) is 4.99 Å². The van der Waals surface area contributed by atoms with Gasteiger partial charge in [0.05, 0.1) is 16.7 Å². The zero-order valence-corrected chi connectivity index (χ0v) is 14.8. The van der Waals surface area contributed by atoms with Gasteiger partial charge in [0.15, 0.2) is 0 Å². The van der Waals surface area contributed by atoms with Crippen LogP contribution in [0.1, 0.15) is 40.1 Å². The highest BCUT2D eigenvalue weighted by Crippen LogP contribution is 2.29. The molecular weight excluding hydrogens is 328 g/mol. The van der Waals surface area contributed by atoms with Crippen LogP contribution in [0.15, 0.2) is 59.6 Å². The van der Waals surface area contributed by atoms with Crippen LogP contribution in [0.25, 0.3) is 0 Å². The first-order valence-electron chi connectivity index (χ1n) is 8.70. The van der Waals surface area contributed by atoms with Gasteiger partial charge in [0.25, 0.3) is 11.8 Å². The van der Waals surface area contributed by atoms with Crippen LogP contribution in [0.5, 0.6) is 0 Å². The van der Waals surface area contributed by atoms with Crippen LogP contribution in [-0.4, -0.2) is 40.8 Å². The van der Waals surface area contributed by atoms with E-state index in [1.54, 1.807) is 24.3 Å². The molecule has 2 aliphatic rings. The molecule has 0 spiro atoms. The molecule has 2 heterocycles. The van der Waals surface area contributed by atoms with Crippen molar-refractivity contribution < 1.29 is 14.3 Å². The molecule has 0 N–H and O–H groups in total. The van der Waals surface area contributed by atoms with Crippen molar-refractivity contribution in [3.8, 4) is 0 Å². The normalized spacial score (nSPS) is 19.2. The number of nitrogens with zero attached hydrogens (tertiary/aromatic N) is 2.